The summed E-state index contributed by atoms with van der Waals surface area (Å²) in [5.74, 6) is 0.786. The third-order valence-electron chi connectivity index (χ3n) is 8.02. The molecule has 0 radical (unpaired) electrons. The lowest BCUT2D eigenvalue weighted by atomic mass is 9.90. The largest absolute Gasteiger partial charge is 0.488 e. The summed E-state index contributed by atoms with van der Waals surface area (Å²) in [5.41, 5.74) is 6.34. The molecule has 3 aromatic rings. The third kappa shape index (κ3) is 4.64. The fraction of sp³-hybridized carbons (Fsp3) is 0.433. The summed E-state index contributed by atoms with van der Waals surface area (Å²) in [6, 6.07) is 15.4. The van der Waals surface area contributed by atoms with Crippen molar-refractivity contribution in [3.05, 3.63) is 82.2 Å². The summed E-state index contributed by atoms with van der Waals surface area (Å²) < 4.78 is 37.3. The van der Waals surface area contributed by atoms with Crippen molar-refractivity contribution in [3.8, 4) is 5.75 Å². The van der Waals surface area contributed by atoms with Gasteiger partial charge in [0.15, 0.2) is 5.78 Å². The van der Waals surface area contributed by atoms with Crippen molar-refractivity contribution in [2.75, 3.05) is 6.54 Å². The Kier molecular flexibility index (Phi) is 7.03. The Morgan fingerprint density at radius 1 is 1.08 bits per heavy atom. The van der Waals surface area contributed by atoms with E-state index < -0.39 is 10.0 Å². The Hall–Kier alpha value is -2.90. The molecule has 0 N–H and O–H groups in total. The molecule has 0 saturated heterocycles. The minimum atomic E-state index is -3.72. The second-order valence-electron chi connectivity index (χ2n) is 10.3. The number of benzene rings is 2. The van der Waals surface area contributed by atoms with Gasteiger partial charge in [-0.2, -0.15) is 4.31 Å². The molecule has 5 rings (SSSR count). The molecule has 0 fully saturated rings. The standard InChI is InChI=1S/C30H36N2O4S/c1-5-23-19-32(37(34,35)30-13-8-7-12-29(30)36-23)18-22-16-21(15-14-20(22)3)24(6-2)27-17-25-26(31(27)4)10-9-11-28(25)33/h7-8,12-17,23-24H,5-6,9-11,18-19H2,1-4H3/t23-,24?/m1/s1. The molecule has 7 heteroatoms. The number of para-hydroxylation sites is 1. The SMILES string of the molecule is CCC(c1ccc(C)c(CN2C[C@@H](CC)Oc3ccccc3S2(=O)=O)c1)c1cc2c(n1C)CCCC2=O. The second-order valence-corrected chi connectivity index (χ2v) is 12.2. The van der Waals surface area contributed by atoms with Gasteiger partial charge in [-0.1, -0.05) is 44.2 Å². The van der Waals surface area contributed by atoms with Crippen LogP contribution in [0, 0.1) is 6.92 Å². The number of nitrogens with zero attached hydrogens (tertiary/aromatic N) is 2. The van der Waals surface area contributed by atoms with Crippen LogP contribution < -0.4 is 4.74 Å². The van der Waals surface area contributed by atoms with Crippen LogP contribution in [0.3, 0.4) is 0 Å². The van der Waals surface area contributed by atoms with Crippen LogP contribution in [0.2, 0.25) is 0 Å². The van der Waals surface area contributed by atoms with Crippen LogP contribution >= 0.6 is 0 Å². The van der Waals surface area contributed by atoms with Crippen molar-refractivity contribution in [3.63, 3.8) is 0 Å². The molecule has 1 aliphatic carbocycles. The maximum Gasteiger partial charge on any atom is 0.247 e. The minimum Gasteiger partial charge on any atom is -0.488 e. The van der Waals surface area contributed by atoms with Crippen molar-refractivity contribution >= 4 is 15.8 Å². The Labute approximate surface area is 220 Å². The highest BCUT2D eigenvalue weighted by molar-refractivity contribution is 7.89. The monoisotopic (exact) mass is 520 g/mol. The zero-order valence-corrected chi connectivity index (χ0v) is 23.0. The minimum absolute atomic E-state index is 0.121. The molecule has 6 nitrogen and oxygen atoms in total. The second kappa shape index (κ2) is 10.1. The zero-order chi connectivity index (χ0) is 26.3. The molecular weight excluding hydrogens is 484 g/mol. The Morgan fingerprint density at radius 2 is 1.86 bits per heavy atom. The number of carbonyl (C=O) groups is 1. The Morgan fingerprint density at radius 3 is 2.59 bits per heavy atom. The summed E-state index contributed by atoms with van der Waals surface area (Å²) in [6.45, 7) is 6.81. The van der Waals surface area contributed by atoms with E-state index in [1.54, 1.807) is 22.5 Å². The van der Waals surface area contributed by atoms with Crippen LogP contribution in [0.5, 0.6) is 5.75 Å². The fourth-order valence-electron chi connectivity index (χ4n) is 5.78. The number of ketones is 1. The summed E-state index contributed by atoms with van der Waals surface area (Å²) in [4.78, 5) is 12.8. The summed E-state index contributed by atoms with van der Waals surface area (Å²) in [7, 11) is -1.65. The molecule has 0 saturated carbocycles. The first kappa shape index (κ1) is 25.7. The van der Waals surface area contributed by atoms with Crippen LogP contribution in [0.4, 0.5) is 0 Å². The van der Waals surface area contributed by atoms with Gasteiger partial charge in [0.2, 0.25) is 10.0 Å². The topological polar surface area (TPSA) is 68.6 Å². The molecule has 1 aliphatic heterocycles. The average molecular weight is 521 g/mol. The summed E-state index contributed by atoms with van der Waals surface area (Å²) >= 11 is 0. The van der Waals surface area contributed by atoms with E-state index >= 15 is 0 Å². The number of hydrogen-bond donors (Lipinski definition) is 0. The van der Waals surface area contributed by atoms with E-state index in [0.29, 0.717) is 25.1 Å². The smallest absolute Gasteiger partial charge is 0.247 e. The molecule has 0 spiro atoms. The van der Waals surface area contributed by atoms with Gasteiger partial charge in [-0.05, 0) is 67.5 Å². The van der Waals surface area contributed by atoms with Gasteiger partial charge < -0.3 is 9.30 Å². The molecular formula is C30H36N2O4S. The number of aromatic nitrogens is 1. The van der Waals surface area contributed by atoms with Gasteiger partial charge in [0.25, 0.3) is 0 Å². The molecule has 1 unspecified atom stereocenters. The quantitative estimate of drug-likeness (QED) is 0.415. The number of Topliss-reactive ketones (excluding diaryl/α,β-unsaturated/α-hetero) is 1. The molecule has 1 aromatic heterocycles. The maximum absolute atomic E-state index is 13.7. The van der Waals surface area contributed by atoms with E-state index in [-0.39, 0.29) is 29.2 Å². The van der Waals surface area contributed by atoms with E-state index in [1.165, 1.54) is 0 Å². The van der Waals surface area contributed by atoms with Gasteiger partial charge in [0.05, 0.1) is 6.54 Å². The molecule has 2 aliphatic rings. The Balaban J connectivity index is 1.51. The van der Waals surface area contributed by atoms with Gasteiger partial charge >= 0.3 is 0 Å². The van der Waals surface area contributed by atoms with Gasteiger partial charge in [0.1, 0.15) is 16.7 Å². The molecule has 2 heterocycles. The lowest BCUT2D eigenvalue weighted by molar-refractivity contribution is 0.0972. The van der Waals surface area contributed by atoms with Crippen molar-refractivity contribution in [2.45, 2.75) is 76.3 Å². The normalized spacial score (nSPS) is 20.0. The summed E-state index contributed by atoms with van der Waals surface area (Å²) in [5, 5.41) is 0. The van der Waals surface area contributed by atoms with E-state index in [2.05, 4.69) is 42.8 Å². The van der Waals surface area contributed by atoms with Crippen LogP contribution in [0.15, 0.2) is 53.4 Å². The van der Waals surface area contributed by atoms with Crippen molar-refractivity contribution in [1.29, 1.82) is 0 Å². The highest BCUT2D eigenvalue weighted by Crippen LogP contribution is 2.36. The highest BCUT2D eigenvalue weighted by Gasteiger charge is 2.34. The molecule has 2 atom stereocenters. The van der Waals surface area contributed by atoms with Crippen molar-refractivity contribution in [2.24, 2.45) is 7.05 Å². The van der Waals surface area contributed by atoms with Gasteiger partial charge in [-0.15, -0.1) is 0 Å². The first-order valence-corrected chi connectivity index (χ1v) is 14.8. The zero-order valence-electron chi connectivity index (χ0n) is 22.2. The van der Waals surface area contributed by atoms with Gasteiger partial charge in [-0.3, -0.25) is 4.79 Å². The van der Waals surface area contributed by atoms with E-state index in [1.807, 2.05) is 19.9 Å². The van der Waals surface area contributed by atoms with Crippen molar-refractivity contribution in [1.82, 2.24) is 8.87 Å². The molecule has 196 valence electrons. The third-order valence-corrected chi connectivity index (χ3v) is 9.87. The van der Waals surface area contributed by atoms with Crippen LogP contribution in [0.25, 0.3) is 0 Å². The number of carbonyl (C=O) groups excluding carboxylic acids is 1. The number of aryl methyl sites for hydroxylation is 1. The predicted octanol–water partition coefficient (Wildman–Crippen LogP) is 5.76. The Bertz CT molecular complexity index is 1440. The number of hydrogen-bond acceptors (Lipinski definition) is 4. The molecule has 2 aromatic carbocycles. The molecule has 0 amide bonds. The van der Waals surface area contributed by atoms with Gasteiger partial charge in [-0.25, -0.2) is 8.42 Å². The first-order valence-electron chi connectivity index (χ1n) is 13.3. The van der Waals surface area contributed by atoms with Gasteiger partial charge in [0, 0.05) is 42.9 Å². The van der Waals surface area contributed by atoms with Crippen LogP contribution in [-0.4, -0.2) is 35.7 Å². The van der Waals surface area contributed by atoms with E-state index in [9.17, 15) is 13.2 Å². The maximum atomic E-state index is 13.7. The molecule has 0 bridgehead atoms. The lowest BCUT2D eigenvalue weighted by Crippen LogP contribution is -2.36. The average Bonchev–Trinajstić information content (AvgIpc) is 3.17. The van der Waals surface area contributed by atoms with Crippen LogP contribution in [-0.2, 0) is 30.0 Å². The van der Waals surface area contributed by atoms with E-state index in [4.69, 9.17) is 4.74 Å². The number of ether oxygens (including phenoxy) is 1. The highest BCUT2D eigenvalue weighted by atomic mass is 32.2. The van der Waals surface area contributed by atoms with E-state index in [0.717, 1.165) is 52.9 Å². The lowest BCUT2D eigenvalue weighted by Gasteiger charge is -2.24. The summed E-state index contributed by atoms with van der Waals surface area (Å²) in [6.07, 6.45) is 3.85. The first-order chi connectivity index (χ1) is 17.7. The van der Waals surface area contributed by atoms with Crippen molar-refractivity contribution < 1.29 is 17.9 Å². The van der Waals surface area contributed by atoms with Crippen LogP contribution in [0.1, 0.15) is 83.9 Å². The number of fused-ring (bicyclic) bond motifs is 2. The number of rotatable bonds is 6. The molecule has 37 heavy (non-hydrogen) atoms. The fourth-order valence-corrected chi connectivity index (χ4v) is 7.35. The number of sulfonamides is 1. The predicted molar refractivity (Wildman–Crippen MR) is 145 cm³/mol.